The number of benzene rings is 1. The van der Waals surface area contributed by atoms with Crippen LogP contribution in [0.15, 0.2) is 23.8 Å². The zero-order valence-electron chi connectivity index (χ0n) is 10.9. The van der Waals surface area contributed by atoms with Crippen LogP contribution in [0.2, 0.25) is 0 Å². The van der Waals surface area contributed by atoms with Gasteiger partial charge in [-0.1, -0.05) is 6.07 Å². The molecule has 2 atom stereocenters. The molecule has 0 spiro atoms. The van der Waals surface area contributed by atoms with Crippen molar-refractivity contribution < 1.29 is 46.1 Å². The van der Waals surface area contributed by atoms with Crippen molar-refractivity contribution in [2.45, 2.75) is 24.6 Å². The van der Waals surface area contributed by atoms with Crippen molar-refractivity contribution in [2.75, 3.05) is 0 Å². The molecule has 2 N–H and O–H groups in total. The van der Waals surface area contributed by atoms with Crippen LogP contribution in [0.25, 0.3) is 6.08 Å². The number of aliphatic carboxylic acids is 1. The van der Waals surface area contributed by atoms with E-state index in [2.05, 4.69) is 4.74 Å². The van der Waals surface area contributed by atoms with Crippen LogP contribution in [0.1, 0.15) is 17.2 Å². The molecule has 10 heteroatoms. The zero-order chi connectivity index (χ0) is 17.6. The molecule has 2 rings (SSSR count). The molecule has 4 nitrogen and oxygen atoms in total. The number of ether oxygens (including phenoxy) is 1. The first-order valence-electron chi connectivity index (χ1n) is 5.98. The first-order chi connectivity index (χ1) is 10.4. The van der Waals surface area contributed by atoms with E-state index in [1.165, 1.54) is 0 Å². The Kier molecular flexibility index (Phi) is 4.05. The Balaban J connectivity index is 2.49. The van der Waals surface area contributed by atoms with Crippen molar-refractivity contribution >= 4 is 12.0 Å². The summed E-state index contributed by atoms with van der Waals surface area (Å²) in [5.41, 5.74) is -2.11. The van der Waals surface area contributed by atoms with Gasteiger partial charge in [0.1, 0.15) is 5.75 Å². The van der Waals surface area contributed by atoms with Crippen LogP contribution in [0.5, 0.6) is 5.75 Å². The average molecular weight is 342 g/mol. The van der Waals surface area contributed by atoms with E-state index in [1.54, 1.807) is 0 Å². The highest BCUT2D eigenvalue weighted by atomic mass is 19.4. The van der Waals surface area contributed by atoms with Crippen molar-refractivity contribution in [3.05, 3.63) is 34.9 Å². The highest BCUT2D eigenvalue weighted by Crippen LogP contribution is 2.40. The van der Waals surface area contributed by atoms with Crippen LogP contribution in [-0.4, -0.2) is 34.6 Å². The van der Waals surface area contributed by atoms with E-state index in [9.17, 15) is 31.1 Å². The summed E-state index contributed by atoms with van der Waals surface area (Å²) in [6.07, 6.45) is -15.0. The summed E-state index contributed by atoms with van der Waals surface area (Å²) in [7, 11) is 0. The Bertz CT molecular complexity index is 661. The Hall–Kier alpha value is -2.23. The Morgan fingerprint density at radius 2 is 1.78 bits per heavy atom. The summed E-state index contributed by atoms with van der Waals surface area (Å²) in [5.74, 6) is -2.35. The van der Waals surface area contributed by atoms with Gasteiger partial charge in [0, 0.05) is 5.56 Å². The molecule has 0 aromatic heterocycles. The van der Waals surface area contributed by atoms with Crippen molar-refractivity contribution in [3.63, 3.8) is 0 Å². The molecular weight excluding hydrogens is 334 g/mol. The fourth-order valence-corrected chi connectivity index (χ4v) is 2.00. The van der Waals surface area contributed by atoms with E-state index in [-0.39, 0.29) is 5.56 Å². The monoisotopic (exact) mass is 342 g/mol. The lowest BCUT2D eigenvalue weighted by Gasteiger charge is -2.27. The lowest BCUT2D eigenvalue weighted by Crippen LogP contribution is -2.40. The van der Waals surface area contributed by atoms with Crippen LogP contribution in [0.4, 0.5) is 26.3 Å². The summed E-state index contributed by atoms with van der Waals surface area (Å²) >= 11 is 0. The van der Waals surface area contributed by atoms with Crippen molar-refractivity contribution in [3.8, 4) is 5.75 Å². The maximum atomic E-state index is 12.8. The van der Waals surface area contributed by atoms with Gasteiger partial charge in [-0.05, 0) is 23.8 Å². The van der Waals surface area contributed by atoms with Crippen LogP contribution in [0, 0.1) is 0 Å². The molecular formula is C13H8F6O4. The molecule has 23 heavy (non-hydrogen) atoms. The van der Waals surface area contributed by atoms with Gasteiger partial charge < -0.3 is 14.9 Å². The van der Waals surface area contributed by atoms with Gasteiger partial charge in [0.25, 0.3) is 0 Å². The van der Waals surface area contributed by atoms with E-state index in [4.69, 9.17) is 10.2 Å². The largest absolute Gasteiger partial charge is 0.478 e. The second-order valence-corrected chi connectivity index (χ2v) is 4.69. The predicted molar refractivity (Wildman–Crippen MR) is 63.5 cm³/mol. The first kappa shape index (κ1) is 17.1. The molecule has 0 radical (unpaired) electrons. The fourth-order valence-electron chi connectivity index (χ4n) is 2.00. The van der Waals surface area contributed by atoms with Gasteiger partial charge >= 0.3 is 18.3 Å². The topological polar surface area (TPSA) is 66.8 Å². The van der Waals surface area contributed by atoms with Crippen LogP contribution < -0.4 is 4.74 Å². The quantitative estimate of drug-likeness (QED) is 0.811. The minimum atomic E-state index is -5.01. The molecule has 1 aromatic carbocycles. The molecule has 2 unspecified atom stereocenters. The maximum absolute atomic E-state index is 12.8. The second kappa shape index (κ2) is 5.44. The van der Waals surface area contributed by atoms with Crippen LogP contribution >= 0.6 is 0 Å². The molecule has 0 amide bonds. The summed E-state index contributed by atoms with van der Waals surface area (Å²) in [6, 6.07) is 2.29. The number of halogens is 6. The van der Waals surface area contributed by atoms with Gasteiger partial charge in [-0.3, -0.25) is 0 Å². The molecule has 0 aliphatic carbocycles. The molecule has 1 heterocycles. The van der Waals surface area contributed by atoms with Gasteiger partial charge in [0.15, 0.2) is 6.10 Å². The number of carbonyl (C=O) groups is 1. The van der Waals surface area contributed by atoms with Gasteiger partial charge in [0.2, 0.25) is 6.10 Å². The van der Waals surface area contributed by atoms with Gasteiger partial charge in [-0.15, -0.1) is 0 Å². The third-order valence-corrected chi connectivity index (χ3v) is 3.04. The standard InChI is InChI=1S/C13H8F6O4/c14-12(15,16)9(20)5-1-2-8-6(3-5)4-7(11(21)22)10(23-8)13(17,18)19/h1-4,9-10,20H,(H,21,22). The number of rotatable bonds is 2. The fraction of sp³-hybridized carbons (Fsp3) is 0.308. The molecule has 1 aliphatic heterocycles. The summed E-state index contributed by atoms with van der Waals surface area (Å²) in [6.45, 7) is 0. The van der Waals surface area contributed by atoms with Crippen molar-refractivity contribution in [1.82, 2.24) is 0 Å². The highest BCUT2D eigenvalue weighted by molar-refractivity contribution is 5.95. The molecule has 126 valence electrons. The van der Waals surface area contributed by atoms with E-state index >= 15 is 0 Å². The number of aliphatic hydroxyl groups is 1. The Morgan fingerprint density at radius 3 is 2.26 bits per heavy atom. The molecule has 0 saturated heterocycles. The summed E-state index contributed by atoms with van der Waals surface area (Å²) in [4.78, 5) is 10.9. The van der Waals surface area contributed by atoms with E-state index in [0.717, 1.165) is 18.2 Å². The number of hydrogen-bond donors (Lipinski definition) is 2. The Morgan fingerprint density at radius 1 is 1.17 bits per heavy atom. The normalized spacial score (nSPS) is 19.4. The molecule has 0 bridgehead atoms. The highest BCUT2D eigenvalue weighted by Gasteiger charge is 2.48. The SMILES string of the molecule is O=C(O)C1=Cc2cc(C(O)C(F)(F)F)ccc2OC1C(F)(F)F. The maximum Gasteiger partial charge on any atom is 0.430 e. The smallest absolute Gasteiger partial charge is 0.430 e. The summed E-state index contributed by atoms with van der Waals surface area (Å²) < 4.78 is 80.3. The predicted octanol–water partition coefficient (Wildman–Crippen LogP) is 3.07. The van der Waals surface area contributed by atoms with Gasteiger partial charge in [0.05, 0.1) is 5.57 Å². The minimum absolute atomic E-state index is 0.302. The van der Waals surface area contributed by atoms with Crippen LogP contribution in [0.3, 0.4) is 0 Å². The number of hydrogen-bond acceptors (Lipinski definition) is 3. The number of fused-ring (bicyclic) bond motifs is 1. The lowest BCUT2D eigenvalue weighted by atomic mass is 9.98. The van der Waals surface area contributed by atoms with Gasteiger partial charge in [-0.2, -0.15) is 26.3 Å². The summed E-state index contributed by atoms with van der Waals surface area (Å²) in [5, 5.41) is 18.0. The first-order valence-corrected chi connectivity index (χ1v) is 5.98. The second-order valence-electron chi connectivity index (χ2n) is 4.69. The third-order valence-electron chi connectivity index (χ3n) is 3.04. The lowest BCUT2D eigenvalue weighted by molar-refractivity contribution is -0.206. The van der Waals surface area contributed by atoms with E-state index in [0.29, 0.717) is 6.08 Å². The van der Waals surface area contributed by atoms with Crippen LogP contribution in [-0.2, 0) is 4.79 Å². The molecule has 0 saturated carbocycles. The number of aliphatic hydroxyl groups excluding tert-OH is 1. The third kappa shape index (κ3) is 3.41. The van der Waals surface area contributed by atoms with Gasteiger partial charge in [-0.25, -0.2) is 4.79 Å². The Labute approximate surface area is 124 Å². The minimum Gasteiger partial charge on any atom is -0.478 e. The number of alkyl halides is 6. The van der Waals surface area contributed by atoms with E-state index < -0.39 is 47.4 Å². The zero-order valence-corrected chi connectivity index (χ0v) is 10.9. The molecule has 1 aromatic rings. The van der Waals surface area contributed by atoms with E-state index in [1.807, 2.05) is 0 Å². The molecule has 1 aliphatic rings. The number of carboxylic acid groups (broad SMARTS) is 1. The number of carboxylic acids is 1. The van der Waals surface area contributed by atoms with Crippen molar-refractivity contribution in [2.24, 2.45) is 0 Å². The van der Waals surface area contributed by atoms with Crippen molar-refractivity contribution in [1.29, 1.82) is 0 Å². The average Bonchev–Trinajstić information content (AvgIpc) is 2.42. The molecule has 0 fully saturated rings.